The number of carbonyl (C=O) groups is 2. The summed E-state index contributed by atoms with van der Waals surface area (Å²) in [4.78, 5) is 33.9. The number of ether oxygens (including phenoxy) is 1. The molecule has 0 unspecified atom stereocenters. The van der Waals surface area contributed by atoms with Crippen molar-refractivity contribution in [1.82, 2.24) is 0 Å². The SMILES string of the molecule is CCC(=O)c1cc(Cl)ccc1OCC(=O)Nc1cc([N+](=O)[O-])ccc1F. The molecule has 7 nitrogen and oxygen atoms in total. The zero-order valence-corrected chi connectivity index (χ0v) is 14.4. The van der Waals surface area contributed by atoms with Crippen LogP contribution in [0.4, 0.5) is 15.8 Å². The van der Waals surface area contributed by atoms with E-state index in [1.165, 1.54) is 18.2 Å². The third-order valence-corrected chi connectivity index (χ3v) is 3.59. The number of hydrogen-bond donors (Lipinski definition) is 1. The van der Waals surface area contributed by atoms with Gasteiger partial charge < -0.3 is 10.1 Å². The summed E-state index contributed by atoms with van der Waals surface area (Å²) < 4.78 is 19.0. The molecule has 0 aromatic heterocycles. The van der Waals surface area contributed by atoms with Gasteiger partial charge in [-0.1, -0.05) is 18.5 Å². The zero-order chi connectivity index (χ0) is 19.3. The fraction of sp³-hybridized carbons (Fsp3) is 0.176. The van der Waals surface area contributed by atoms with Crippen molar-refractivity contribution in [1.29, 1.82) is 0 Å². The third kappa shape index (κ3) is 4.76. The monoisotopic (exact) mass is 380 g/mol. The molecule has 0 aliphatic carbocycles. The minimum absolute atomic E-state index is 0.163. The number of ketones is 1. The van der Waals surface area contributed by atoms with E-state index < -0.39 is 23.3 Å². The Morgan fingerprint density at radius 2 is 2.00 bits per heavy atom. The summed E-state index contributed by atoms with van der Waals surface area (Å²) >= 11 is 5.86. The number of nitro benzene ring substituents is 1. The van der Waals surface area contributed by atoms with Crippen LogP contribution in [0.15, 0.2) is 36.4 Å². The van der Waals surface area contributed by atoms with Crippen LogP contribution in [0.1, 0.15) is 23.7 Å². The Morgan fingerprint density at radius 1 is 1.27 bits per heavy atom. The molecule has 0 saturated carbocycles. The fourth-order valence-corrected chi connectivity index (χ4v) is 2.26. The van der Waals surface area contributed by atoms with Crippen LogP contribution >= 0.6 is 11.6 Å². The van der Waals surface area contributed by atoms with Gasteiger partial charge in [-0.25, -0.2) is 4.39 Å². The zero-order valence-electron chi connectivity index (χ0n) is 13.6. The summed E-state index contributed by atoms with van der Waals surface area (Å²) in [5.41, 5.74) is -0.473. The molecule has 136 valence electrons. The Morgan fingerprint density at radius 3 is 2.65 bits per heavy atom. The van der Waals surface area contributed by atoms with Crippen molar-refractivity contribution < 1.29 is 23.6 Å². The summed E-state index contributed by atoms with van der Waals surface area (Å²) in [7, 11) is 0. The van der Waals surface area contributed by atoms with Gasteiger partial charge in [-0.15, -0.1) is 0 Å². The molecule has 0 aliphatic rings. The highest BCUT2D eigenvalue weighted by molar-refractivity contribution is 6.31. The standard InChI is InChI=1S/C17H14ClFN2O5/c1-2-15(22)12-7-10(18)3-6-16(12)26-9-17(23)20-14-8-11(21(24)25)4-5-13(14)19/h3-8H,2,9H2,1H3,(H,20,23). The van der Waals surface area contributed by atoms with Crippen LogP contribution in [0, 0.1) is 15.9 Å². The molecule has 2 rings (SSSR count). The summed E-state index contributed by atoms with van der Waals surface area (Å²) in [6.45, 7) is 1.15. The molecule has 0 atom stereocenters. The van der Waals surface area contributed by atoms with E-state index >= 15 is 0 Å². The van der Waals surface area contributed by atoms with Crippen molar-refractivity contribution in [3.63, 3.8) is 0 Å². The summed E-state index contributed by atoms with van der Waals surface area (Å²) in [6, 6.07) is 7.15. The molecule has 2 aromatic carbocycles. The minimum atomic E-state index is -0.822. The molecule has 0 fully saturated rings. The van der Waals surface area contributed by atoms with Crippen LogP contribution < -0.4 is 10.1 Å². The van der Waals surface area contributed by atoms with Crippen molar-refractivity contribution in [2.75, 3.05) is 11.9 Å². The van der Waals surface area contributed by atoms with Gasteiger partial charge in [0.15, 0.2) is 12.4 Å². The average Bonchev–Trinajstić information content (AvgIpc) is 2.61. The molecule has 26 heavy (non-hydrogen) atoms. The predicted molar refractivity (Wildman–Crippen MR) is 93.3 cm³/mol. The molecular formula is C17H14ClFN2O5. The molecule has 0 saturated heterocycles. The third-order valence-electron chi connectivity index (χ3n) is 3.36. The van der Waals surface area contributed by atoms with Crippen LogP contribution in [0.2, 0.25) is 5.02 Å². The molecule has 0 heterocycles. The average molecular weight is 381 g/mol. The number of nitrogens with zero attached hydrogens (tertiary/aromatic N) is 1. The second-order valence-corrected chi connectivity index (χ2v) is 5.61. The lowest BCUT2D eigenvalue weighted by molar-refractivity contribution is -0.384. The topological polar surface area (TPSA) is 98.5 Å². The fourth-order valence-electron chi connectivity index (χ4n) is 2.09. The van der Waals surface area contributed by atoms with E-state index in [1.54, 1.807) is 6.92 Å². The maximum atomic E-state index is 13.7. The van der Waals surface area contributed by atoms with Gasteiger partial charge in [-0.3, -0.25) is 19.7 Å². The van der Waals surface area contributed by atoms with E-state index in [0.29, 0.717) is 5.02 Å². The largest absolute Gasteiger partial charge is 0.483 e. The van der Waals surface area contributed by atoms with Gasteiger partial charge in [0.05, 0.1) is 16.2 Å². The Labute approximate surface area is 152 Å². The molecular weight excluding hydrogens is 367 g/mol. The molecule has 0 radical (unpaired) electrons. The van der Waals surface area contributed by atoms with Crippen LogP contribution in [0.25, 0.3) is 0 Å². The lowest BCUT2D eigenvalue weighted by Crippen LogP contribution is -2.21. The first-order chi connectivity index (χ1) is 12.3. The number of rotatable bonds is 7. The minimum Gasteiger partial charge on any atom is -0.483 e. The molecule has 1 amide bonds. The number of hydrogen-bond acceptors (Lipinski definition) is 5. The predicted octanol–water partition coefficient (Wildman–Crippen LogP) is 4.00. The molecule has 0 bridgehead atoms. The molecule has 2 aromatic rings. The Bertz CT molecular complexity index is 872. The molecule has 0 spiro atoms. The quantitative estimate of drug-likeness (QED) is 0.444. The summed E-state index contributed by atoms with van der Waals surface area (Å²) in [6.07, 6.45) is 0.224. The number of anilines is 1. The van der Waals surface area contributed by atoms with Crippen molar-refractivity contribution in [3.05, 3.63) is 62.9 Å². The van der Waals surface area contributed by atoms with Gasteiger partial charge >= 0.3 is 0 Å². The van der Waals surface area contributed by atoms with Crippen molar-refractivity contribution in [2.24, 2.45) is 0 Å². The second kappa shape index (κ2) is 8.39. The number of carbonyl (C=O) groups excluding carboxylic acids is 2. The van der Waals surface area contributed by atoms with Gasteiger partial charge in [0.25, 0.3) is 11.6 Å². The Hall–Kier alpha value is -3.00. The normalized spacial score (nSPS) is 10.3. The summed E-state index contributed by atoms with van der Waals surface area (Å²) in [5.74, 6) is -1.62. The second-order valence-electron chi connectivity index (χ2n) is 5.18. The molecule has 0 aliphatic heterocycles. The van der Waals surface area contributed by atoms with Crippen molar-refractivity contribution >= 4 is 34.7 Å². The molecule has 1 N–H and O–H groups in total. The van der Waals surface area contributed by atoms with E-state index in [1.807, 2.05) is 0 Å². The smallest absolute Gasteiger partial charge is 0.271 e. The number of nitrogens with one attached hydrogen (secondary N) is 1. The number of non-ortho nitro benzene ring substituents is 1. The van der Waals surface area contributed by atoms with Gasteiger partial charge in [0.2, 0.25) is 0 Å². The van der Waals surface area contributed by atoms with Gasteiger partial charge in [0, 0.05) is 23.6 Å². The highest BCUT2D eigenvalue weighted by Crippen LogP contribution is 2.25. The number of Topliss-reactive ketones (excluding diaryl/α,β-unsaturated/α-hetero) is 1. The van der Waals surface area contributed by atoms with Crippen LogP contribution in [-0.2, 0) is 4.79 Å². The molecule has 9 heteroatoms. The van der Waals surface area contributed by atoms with E-state index in [0.717, 1.165) is 18.2 Å². The van der Waals surface area contributed by atoms with E-state index in [-0.39, 0.29) is 34.9 Å². The van der Waals surface area contributed by atoms with Crippen LogP contribution in [0.5, 0.6) is 5.75 Å². The maximum Gasteiger partial charge on any atom is 0.271 e. The number of halogens is 2. The number of amides is 1. The Kier molecular flexibility index (Phi) is 6.24. The number of benzene rings is 2. The lowest BCUT2D eigenvalue weighted by Gasteiger charge is -2.11. The van der Waals surface area contributed by atoms with E-state index in [9.17, 15) is 24.1 Å². The van der Waals surface area contributed by atoms with Crippen LogP contribution in [-0.4, -0.2) is 23.2 Å². The number of nitro groups is 1. The van der Waals surface area contributed by atoms with Gasteiger partial charge in [-0.05, 0) is 24.3 Å². The van der Waals surface area contributed by atoms with Gasteiger partial charge in [0.1, 0.15) is 11.6 Å². The Balaban J connectivity index is 2.09. The van der Waals surface area contributed by atoms with Gasteiger partial charge in [-0.2, -0.15) is 0 Å². The first-order valence-electron chi connectivity index (χ1n) is 7.51. The van der Waals surface area contributed by atoms with Crippen molar-refractivity contribution in [2.45, 2.75) is 13.3 Å². The lowest BCUT2D eigenvalue weighted by atomic mass is 10.1. The highest BCUT2D eigenvalue weighted by atomic mass is 35.5. The maximum absolute atomic E-state index is 13.7. The highest BCUT2D eigenvalue weighted by Gasteiger charge is 2.16. The first kappa shape index (κ1) is 19.3. The van der Waals surface area contributed by atoms with Crippen LogP contribution in [0.3, 0.4) is 0 Å². The van der Waals surface area contributed by atoms with E-state index in [4.69, 9.17) is 16.3 Å². The van der Waals surface area contributed by atoms with E-state index in [2.05, 4.69) is 5.32 Å². The van der Waals surface area contributed by atoms with Crippen molar-refractivity contribution in [3.8, 4) is 5.75 Å². The first-order valence-corrected chi connectivity index (χ1v) is 7.89. The summed E-state index contributed by atoms with van der Waals surface area (Å²) in [5, 5.41) is 13.3.